The molecule has 0 saturated carbocycles. The van der Waals surface area contributed by atoms with Crippen LogP contribution < -0.4 is 4.74 Å². The van der Waals surface area contributed by atoms with Gasteiger partial charge in [0.15, 0.2) is 9.84 Å². The summed E-state index contributed by atoms with van der Waals surface area (Å²) < 4.78 is 28.3. The van der Waals surface area contributed by atoms with Gasteiger partial charge in [-0.2, -0.15) is 0 Å². The average Bonchev–Trinajstić information content (AvgIpc) is 2.39. The van der Waals surface area contributed by atoms with E-state index in [-0.39, 0.29) is 0 Å². The van der Waals surface area contributed by atoms with Crippen molar-refractivity contribution < 1.29 is 13.2 Å². The van der Waals surface area contributed by atoms with Gasteiger partial charge in [0.25, 0.3) is 0 Å². The smallest absolute Gasteiger partial charge is 0.175 e. The maximum absolute atomic E-state index is 11.3. The molecule has 0 atom stereocenters. The SMILES string of the molecule is CCc1ccc(Oc2ccc(S(C)(=O)=O)cc2)cc1. The Morgan fingerprint density at radius 1 is 0.895 bits per heavy atom. The van der Waals surface area contributed by atoms with Gasteiger partial charge < -0.3 is 4.74 Å². The van der Waals surface area contributed by atoms with Gasteiger partial charge in [0.1, 0.15) is 11.5 Å². The number of ether oxygens (including phenoxy) is 1. The molecule has 0 radical (unpaired) electrons. The molecule has 0 amide bonds. The highest BCUT2D eigenvalue weighted by Gasteiger charge is 2.06. The molecular weight excluding hydrogens is 260 g/mol. The van der Waals surface area contributed by atoms with Gasteiger partial charge in [-0.05, 0) is 48.4 Å². The van der Waals surface area contributed by atoms with E-state index in [2.05, 4.69) is 6.92 Å². The van der Waals surface area contributed by atoms with Crippen LogP contribution in [0.1, 0.15) is 12.5 Å². The summed E-state index contributed by atoms with van der Waals surface area (Å²) in [5, 5.41) is 0. The van der Waals surface area contributed by atoms with Gasteiger partial charge in [-0.25, -0.2) is 8.42 Å². The first kappa shape index (κ1) is 13.6. The lowest BCUT2D eigenvalue weighted by Crippen LogP contribution is -1.96. The highest BCUT2D eigenvalue weighted by atomic mass is 32.2. The molecule has 2 aromatic rings. The van der Waals surface area contributed by atoms with E-state index in [0.29, 0.717) is 10.6 Å². The Balaban J connectivity index is 2.15. The molecule has 0 heterocycles. The van der Waals surface area contributed by atoms with Crippen molar-refractivity contribution in [2.75, 3.05) is 6.26 Å². The van der Waals surface area contributed by atoms with Crippen LogP contribution in [0.4, 0.5) is 0 Å². The first-order valence-electron chi connectivity index (χ1n) is 6.06. The zero-order valence-electron chi connectivity index (χ0n) is 11.0. The third-order valence-corrected chi connectivity index (χ3v) is 3.95. The van der Waals surface area contributed by atoms with Gasteiger partial charge in [0.05, 0.1) is 4.90 Å². The Labute approximate surface area is 113 Å². The van der Waals surface area contributed by atoms with Crippen molar-refractivity contribution in [3.63, 3.8) is 0 Å². The third-order valence-electron chi connectivity index (χ3n) is 2.82. The Hall–Kier alpha value is -1.81. The maximum atomic E-state index is 11.3. The largest absolute Gasteiger partial charge is 0.457 e. The fourth-order valence-electron chi connectivity index (χ4n) is 1.68. The highest BCUT2D eigenvalue weighted by molar-refractivity contribution is 7.90. The molecule has 0 aromatic heterocycles. The highest BCUT2D eigenvalue weighted by Crippen LogP contribution is 2.23. The van der Waals surface area contributed by atoms with Gasteiger partial charge in [0, 0.05) is 6.26 Å². The van der Waals surface area contributed by atoms with Gasteiger partial charge >= 0.3 is 0 Å². The quantitative estimate of drug-likeness (QED) is 0.859. The van der Waals surface area contributed by atoms with E-state index in [0.717, 1.165) is 12.2 Å². The van der Waals surface area contributed by atoms with Crippen molar-refractivity contribution in [1.82, 2.24) is 0 Å². The lowest BCUT2D eigenvalue weighted by molar-refractivity contribution is 0.482. The van der Waals surface area contributed by atoms with E-state index in [1.54, 1.807) is 24.3 Å². The van der Waals surface area contributed by atoms with Crippen molar-refractivity contribution in [3.8, 4) is 11.5 Å². The third kappa shape index (κ3) is 3.58. The molecule has 0 N–H and O–H groups in total. The van der Waals surface area contributed by atoms with E-state index >= 15 is 0 Å². The van der Waals surface area contributed by atoms with Crippen molar-refractivity contribution in [2.24, 2.45) is 0 Å². The van der Waals surface area contributed by atoms with Gasteiger partial charge in [-0.1, -0.05) is 19.1 Å². The summed E-state index contributed by atoms with van der Waals surface area (Å²) in [5.41, 5.74) is 1.25. The number of benzene rings is 2. The van der Waals surface area contributed by atoms with Gasteiger partial charge in [-0.3, -0.25) is 0 Å². The molecule has 0 spiro atoms. The minimum atomic E-state index is -3.16. The Bertz CT molecular complexity index is 641. The topological polar surface area (TPSA) is 43.4 Å². The molecule has 0 fully saturated rings. The van der Waals surface area contributed by atoms with E-state index in [9.17, 15) is 8.42 Å². The predicted octanol–water partition coefficient (Wildman–Crippen LogP) is 3.44. The summed E-state index contributed by atoms with van der Waals surface area (Å²) in [6, 6.07) is 14.2. The molecule has 0 aliphatic carbocycles. The van der Waals surface area contributed by atoms with E-state index in [4.69, 9.17) is 4.74 Å². The Morgan fingerprint density at radius 3 is 1.79 bits per heavy atom. The second-order valence-electron chi connectivity index (χ2n) is 4.34. The summed E-state index contributed by atoms with van der Waals surface area (Å²) in [6.45, 7) is 2.10. The van der Waals surface area contributed by atoms with Crippen LogP contribution in [0.2, 0.25) is 0 Å². The summed E-state index contributed by atoms with van der Waals surface area (Å²) >= 11 is 0. The molecule has 2 rings (SSSR count). The molecule has 0 unspecified atom stereocenters. The van der Waals surface area contributed by atoms with Crippen molar-refractivity contribution in [2.45, 2.75) is 18.2 Å². The molecule has 100 valence electrons. The van der Waals surface area contributed by atoms with E-state index in [1.165, 1.54) is 11.8 Å². The van der Waals surface area contributed by atoms with Gasteiger partial charge in [-0.15, -0.1) is 0 Å². The Morgan fingerprint density at radius 2 is 1.37 bits per heavy atom. The number of sulfone groups is 1. The number of hydrogen-bond acceptors (Lipinski definition) is 3. The summed E-state index contributed by atoms with van der Waals surface area (Å²) in [4.78, 5) is 0.293. The summed E-state index contributed by atoms with van der Waals surface area (Å²) in [5.74, 6) is 1.36. The predicted molar refractivity (Wildman–Crippen MR) is 75.4 cm³/mol. The standard InChI is InChI=1S/C15H16O3S/c1-3-12-4-6-13(7-5-12)18-14-8-10-15(11-9-14)19(2,16)17/h4-11H,3H2,1-2H3. The van der Waals surface area contributed by atoms with Crippen LogP contribution >= 0.6 is 0 Å². The lowest BCUT2D eigenvalue weighted by atomic mass is 10.2. The minimum absolute atomic E-state index is 0.293. The van der Waals surface area contributed by atoms with E-state index in [1.807, 2.05) is 24.3 Å². The molecular formula is C15H16O3S. The summed E-state index contributed by atoms with van der Waals surface area (Å²) in [7, 11) is -3.16. The molecule has 4 heteroatoms. The molecule has 0 bridgehead atoms. The molecule has 0 aliphatic heterocycles. The van der Waals surface area contributed by atoms with Crippen LogP contribution in [0.25, 0.3) is 0 Å². The second kappa shape index (κ2) is 5.45. The van der Waals surface area contributed by atoms with Crippen LogP contribution in [0.5, 0.6) is 11.5 Å². The van der Waals surface area contributed by atoms with Crippen molar-refractivity contribution in [3.05, 3.63) is 54.1 Å². The first-order chi connectivity index (χ1) is 8.99. The first-order valence-corrected chi connectivity index (χ1v) is 7.95. The summed E-state index contributed by atoms with van der Waals surface area (Å²) in [6.07, 6.45) is 2.18. The molecule has 19 heavy (non-hydrogen) atoms. The lowest BCUT2D eigenvalue weighted by Gasteiger charge is -2.07. The molecule has 0 aliphatic rings. The zero-order valence-corrected chi connectivity index (χ0v) is 11.8. The number of hydrogen-bond donors (Lipinski definition) is 0. The number of rotatable bonds is 4. The van der Waals surface area contributed by atoms with Crippen molar-refractivity contribution in [1.29, 1.82) is 0 Å². The maximum Gasteiger partial charge on any atom is 0.175 e. The average molecular weight is 276 g/mol. The monoisotopic (exact) mass is 276 g/mol. The molecule has 0 saturated heterocycles. The molecule has 2 aromatic carbocycles. The zero-order chi connectivity index (χ0) is 13.9. The van der Waals surface area contributed by atoms with Crippen LogP contribution in [-0.2, 0) is 16.3 Å². The van der Waals surface area contributed by atoms with E-state index < -0.39 is 9.84 Å². The van der Waals surface area contributed by atoms with Crippen LogP contribution in [0, 0.1) is 0 Å². The second-order valence-corrected chi connectivity index (χ2v) is 6.36. The van der Waals surface area contributed by atoms with Crippen LogP contribution in [0.15, 0.2) is 53.4 Å². The minimum Gasteiger partial charge on any atom is -0.457 e. The normalized spacial score (nSPS) is 11.3. The number of aryl methyl sites for hydroxylation is 1. The van der Waals surface area contributed by atoms with Crippen LogP contribution in [0.3, 0.4) is 0 Å². The van der Waals surface area contributed by atoms with Gasteiger partial charge in [0.2, 0.25) is 0 Å². The van der Waals surface area contributed by atoms with Crippen molar-refractivity contribution >= 4 is 9.84 Å². The van der Waals surface area contributed by atoms with Crippen LogP contribution in [-0.4, -0.2) is 14.7 Å². The Kier molecular flexibility index (Phi) is 3.90. The fourth-order valence-corrected chi connectivity index (χ4v) is 2.31. The fraction of sp³-hybridized carbons (Fsp3) is 0.200. The molecule has 3 nitrogen and oxygen atoms in total.